The van der Waals surface area contributed by atoms with Gasteiger partial charge in [0, 0.05) is 54.5 Å². The number of fused-ring (bicyclic) bond motifs is 1. The predicted molar refractivity (Wildman–Crippen MR) is 108 cm³/mol. The molecule has 3 aromatic rings. The van der Waals surface area contributed by atoms with E-state index in [0.717, 1.165) is 59.8 Å². The second kappa shape index (κ2) is 7.09. The van der Waals surface area contributed by atoms with Crippen molar-refractivity contribution in [1.82, 2.24) is 24.6 Å². The van der Waals surface area contributed by atoms with Crippen molar-refractivity contribution in [2.75, 3.05) is 13.1 Å². The van der Waals surface area contributed by atoms with Gasteiger partial charge in [-0.05, 0) is 57.0 Å². The molecule has 0 atom stereocenters. The van der Waals surface area contributed by atoms with E-state index in [2.05, 4.69) is 15.0 Å². The summed E-state index contributed by atoms with van der Waals surface area (Å²) in [5.41, 5.74) is 3.57. The Bertz CT molecular complexity index is 1010. The molecule has 0 bridgehead atoms. The number of likely N-dealkylation sites (tertiary alicyclic amines) is 1. The van der Waals surface area contributed by atoms with Gasteiger partial charge in [-0.2, -0.15) is 5.10 Å². The molecule has 144 valence electrons. The lowest BCUT2D eigenvalue weighted by molar-refractivity contribution is -0.123. The average molecular weight is 375 g/mol. The topological polar surface area (TPSA) is 63.9 Å². The first-order valence-electron chi connectivity index (χ1n) is 10.2. The smallest absolute Gasteiger partial charge is 0.142 e. The molecule has 1 saturated carbocycles. The van der Waals surface area contributed by atoms with Crippen LogP contribution < -0.4 is 0 Å². The number of aryl methyl sites for hydroxylation is 1. The SMILES string of the molecule is Cn1cc(-c2ccc3cnc(CC(=O)C4CCN(C5CC5)CC4)cc3n2)cn1. The third kappa shape index (κ3) is 3.56. The highest BCUT2D eigenvalue weighted by Gasteiger charge is 2.33. The summed E-state index contributed by atoms with van der Waals surface area (Å²) in [5.74, 6) is 0.507. The quantitative estimate of drug-likeness (QED) is 0.686. The van der Waals surface area contributed by atoms with Crippen molar-refractivity contribution in [3.63, 3.8) is 0 Å². The second-order valence-electron chi connectivity index (χ2n) is 8.15. The molecule has 6 nitrogen and oxygen atoms in total. The molecule has 0 unspecified atom stereocenters. The zero-order valence-electron chi connectivity index (χ0n) is 16.2. The maximum absolute atomic E-state index is 12.8. The first kappa shape index (κ1) is 17.5. The van der Waals surface area contributed by atoms with Crippen LogP contribution in [0.1, 0.15) is 31.4 Å². The van der Waals surface area contributed by atoms with Gasteiger partial charge >= 0.3 is 0 Å². The van der Waals surface area contributed by atoms with Crippen LogP contribution in [0.2, 0.25) is 0 Å². The number of hydrogen-bond donors (Lipinski definition) is 0. The molecule has 0 N–H and O–H groups in total. The summed E-state index contributed by atoms with van der Waals surface area (Å²) in [6, 6.07) is 6.78. The summed E-state index contributed by atoms with van der Waals surface area (Å²) in [4.78, 5) is 24.6. The molecule has 6 heteroatoms. The number of rotatable bonds is 5. The predicted octanol–water partition coefficient (Wildman–Crippen LogP) is 3.02. The number of ketones is 1. The lowest BCUT2D eigenvalue weighted by atomic mass is 9.90. The van der Waals surface area contributed by atoms with Crippen molar-refractivity contribution < 1.29 is 4.79 Å². The number of carbonyl (C=O) groups is 1. The van der Waals surface area contributed by atoms with Crippen LogP contribution >= 0.6 is 0 Å². The Morgan fingerprint density at radius 2 is 1.96 bits per heavy atom. The van der Waals surface area contributed by atoms with Gasteiger partial charge in [-0.1, -0.05) is 0 Å². The van der Waals surface area contributed by atoms with Gasteiger partial charge < -0.3 is 4.90 Å². The lowest BCUT2D eigenvalue weighted by Crippen LogP contribution is -2.38. The summed E-state index contributed by atoms with van der Waals surface area (Å²) in [6.45, 7) is 2.14. The van der Waals surface area contributed by atoms with Crippen molar-refractivity contribution in [2.45, 2.75) is 38.1 Å². The Kier molecular flexibility index (Phi) is 4.43. The van der Waals surface area contributed by atoms with Crippen molar-refractivity contribution in [2.24, 2.45) is 13.0 Å². The highest BCUT2D eigenvalue weighted by Crippen LogP contribution is 2.31. The molecule has 1 aliphatic heterocycles. The first-order chi connectivity index (χ1) is 13.7. The van der Waals surface area contributed by atoms with Crippen molar-refractivity contribution in [3.8, 4) is 11.3 Å². The minimum absolute atomic E-state index is 0.183. The van der Waals surface area contributed by atoms with Crippen LogP contribution in [0.4, 0.5) is 0 Å². The maximum Gasteiger partial charge on any atom is 0.142 e. The standard InChI is InChI=1S/C22H25N5O/c1-26-14-17(13-24-26)20-5-2-16-12-23-18(10-21(16)25-20)11-22(28)15-6-8-27(9-7-15)19-3-4-19/h2,5,10,12-15,19H,3-4,6-9,11H2,1H3. The zero-order chi connectivity index (χ0) is 19.1. The van der Waals surface area contributed by atoms with Crippen LogP contribution in [0.3, 0.4) is 0 Å². The Balaban J connectivity index is 1.30. The van der Waals surface area contributed by atoms with Gasteiger partial charge in [-0.3, -0.25) is 14.5 Å². The molecule has 2 aliphatic rings. The number of nitrogens with zero attached hydrogens (tertiary/aromatic N) is 5. The highest BCUT2D eigenvalue weighted by atomic mass is 16.1. The molecule has 0 spiro atoms. The van der Waals surface area contributed by atoms with E-state index in [4.69, 9.17) is 4.98 Å². The van der Waals surface area contributed by atoms with Gasteiger partial charge in [0.05, 0.1) is 17.4 Å². The van der Waals surface area contributed by atoms with Crippen LogP contribution in [0.25, 0.3) is 22.2 Å². The summed E-state index contributed by atoms with van der Waals surface area (Å²) >= 11 is 0. The molecule has 3 aromatic heterocycles. The van der Waals surface area contributed by atoms with Gasteiger partial charge in [0.2, 0.25) is 0 Å². The van der Waals surface area contributed by atoms with E-state index in [1.54, 1.807) is 4.68 Å². The molecule has 0 radical (unpaired) electrons. The molecule has 0 aromatic carbocycles. The summed E-state index contributed by atoms with van der Waals surface area (Å²) in [6.07, 6.45) is 10.7. The van der Waals surface area contributed by atoms with Gasteiger partial charge in [-0.25, -0.2) is 4.98 Å². The number of hydrogen-bond acceptors (Lipinski definition) is 5. The Hall–Kier alpha value is -2.60. The van der Waals surface area contributed by atoms with Gasteiger partial charge in [-0.15, -0.1) is 0 Å². The van der Waals surface area contributed by atoms with Crippen LogP contribution in [-0.2, 0) is 18.3 Å². The molecular weight excluding hydrogens is 350 g/mol. The normalized spacial score (nSPS) is 18.6. The van der Waals surface area contributed by atoms with Crippen molar-refractivity contribution in [3.05, 3.63) is 42.5 Å². The Morgan fingerprint density at radius 1 is 1.14 bits per heavy atom. The summed E-state index contributed by atoms with van der Waals surface area (Å²) in [5, 5.41) is 5.21. The van der Waals surface area contributed by atoms with E-state index in [0.29, 0.717) is 12.2 Å². The molecule has 1 aliphatic carbocycles. The van der Waals surface area contributed by atoms with Gasteiger partial charge in [0.25, 0.3) is 0 Å². The van der Waals surface area contributed by atoms with Crippen LogP contribution in [-0.4, -0.2) is 49.6 Å². The van der Waals surface area contributed by atoms with Gasteiger partial charge in [0.1, 0.15) is 5.78 Å². The Labute approximate surface area is 164 Å². The van der Waals surface area contributed by atoms with E-state index in [1.807, 2.05) is 43.8 Å². The highest BCUT2D eigenvalue weighted by molar-refractivity contribution is 5.85. The van der Waals surface area contributed by atoms with E-state index >= 15 is 0 Å². The first-order valence-corrected chi connectivity index (χ1v) is 10.2. The third-order valence-electron chi connectivity index (χ3n) is 6.03. The molecule has 0 amide bonds. The molecule has 4 heterocycles. The maximum atomic E-state index is 12.8. The number of pyridine rings is 2. The zero-order valence-corrected chi connectivity index (χ0v) is 16.2. The summed E-state index contributed by atoms with van der Waals surface area (Å²) < 4.78 is 1.77. The number of carbonyl (C=O) groups excluding carboxylic acids is 1. The Morgan fingerprint density at radius 3 is 2.68 bits per heavy atom. The average Bonchev–Trinajstić information content (AvgIpc) is 3.48. The van der Waals surface area contributed by atoms with E-state index in [1.165, 1.54) is 12.8 Å². The van der Waals surface area contributed by atoms with E-state index < -0.39 is 0 Å². The minimum atomic E-state index is 0.183. The lowest BCUT2D eigenvalue weighted by Gasteiger charge is -2.31. The fraction of sp³-hybridized carbons (Fsp3) is 0.455. The van der Waals surface area contributed by atoms with Crippen LogP contribution in [0, 0.1) is 5.92 Å². The molecule has 2 fully saturated rings. The molecular formula is C22H25N5O. The third-order valence-corrected chi connectivity index (χ3v) is 6.03. The van der Waals surface area contributed by atoms with Crippen molar-refractivity contribution in [1.29, 1.82) is 0 Å². The number of piperidine rings is 1. The molecule has 28 heavy (non-hydrogen) atoms. The van der Waals surface area contributed by atoms with E-state index in [9.17, 15) is 4.79 Å². The van der Waals surface area contributed by atoms with Crippen LogP contribution in [0.15, 0.2) is 36.8 Å². The minimum Gasteiger partial charge on any atom is -0.300 e. The molecule has 5 rings (SSSR count). The van der Waals surface area contributed by atoms with Gasteiger partial charge in [0.15, 0.2) is 0 Å². The van der Waals surface area contributed by atoms with Crippen LogP contribution in [0.5, 0.6) is 0 Å². The number of aromatic nitrogens is 4. The monoisotopic (exact) mass is 375 g/mol. The number of Topliss-reactive ketones (excluding diaryl/α,β-unsaturated/α-hetero) is 1. The summed E-state index contributed by atoms with van der Waals surface area (Å²) in [7, 11) is 1.90. The van der Waals surface area contributed by atoms with Crippen molar-refractivity contribution >= 4 is 16.7 Å². The van der Waals surface area contributed by atoms with E-state index in [-0.39, 0.29) is 5.92 Å². The fourth-order valence-corrected chi connectivity index (χ4v) is 4.22. The molecule has 1 saturated heterocycles. The fourth-order valence-electron chi connectivity index (χ4n) is 4.22. The second-order valence-corrected chi connectivity index (χ2v) is 8.15. The largest absolute Gasteiger partial charge is 0.300 e.